The second-order valence-corrected chi connectivity index (χ2v) is 7.43. The Morgan fingerprint density at radius 2 is 2.30 bits per heavy atom. The average Bonchev–Trinajstić information content (AvgIpc) is 2.77. The molecule has 0 aromatic carbocycles. The molecule has 0 bridgehead atoms. The Labute approximate surface area is 127 Å². The fourth-order valence-electron chi connectivity index (χ4n) is 3.12. The molecule has 2 heterocycles. The van der Waals surface area contributed by atoms with E-state index < -0.39 is 0 Å². The highest BCUT2D eigenvalue weighted by molar-refractivity contribution is 7.09. The SMILES string of the molecule is CCCC1CNC(CC(C)C)CN1Cc1nc(C)cs1. The molecule has 1 aromatic rings. The molecule has 0 spiro atoms. The molecule has 3 nitrogen and oxygen atoms in total. The van der Waals surface area contributed by atoms with Crippen molar-refractivity contribution in [2.75, 3.05) is 13.1 Å². The Hall–Kier alpha value is -0.450. The van der Waals surface area contributed by atoms with Gasteiger partial charge in [0, 0.05) is 36.2 Å². The molecule has 2 rings (SSSR count). The lowest BCUT2D eigenvalue weighted by Crippen LogP contribution is -2.56. The van der Waals surface area contributed by atoms with E-state index in [1.54, 1.807) is 11.3 Å². The summed E-state index contributed by atoms with van der Waals surface area (Å²) in [4.78, 5) is 7.30. The number of hydrogen-bond acceptors (Lipinski definition) is 4. The second kappa shape index (κ2) is 7.53. The van der Waals surface area contributed by atoms with Crippen molar-refractivity contribution >= 4 is 11.3 Å². The van der Waals surface area contributed by atoms with Gasteiger partial charge in [-0.25, -0.2) is 4.98 Å². The van der Waals surface area contributed by atoms with E-state index in [-0.39, 0.29) is 0 Å². The highest BCUT2D eigenvalue weighted by Gasteiger charge is 2.28. The Bertz CT molecular complexity index is 402. The van der Waals surface area contributed by atoms with Gasteiger partial charge in [-0.2, -0.15) is 0 Å². The Kier molecular flexibility index (Phi) is 6.00. The monoisotopic (exact) mass is 295 g/mol. The van der Waals surface area contributed by atoms with Crippen molar-refractivity contribution in [2.24, 2.45) is 5.92 Å². The summed E-state index contributed by atoms with van der Waals surface area (Å²) in [5.74, 6) is 0.763. The van der Waals surface area contributed by atoms with Crippen molar-refractivity contribution in [1.82, 2.24) is 15.2 Å². The van der Waals surface area contributed by atoms with Gasteiger partial charge in [0.2, 0.25) is 0 Å². The highest BCUT2D eigenvalue weighted by Crippen LogP contribution is 2.20. The van der Waals surface area contributed by atoms with Gasteiger partial charge in [-0.05, 0) is 25.7 Å². The van der Waals surface area contributed by atoms with Gasteiger partial charge in [0.15, 0.2) is 0 Å². The number of nitrogens with zero attached hydrogens (tertiary/aromatic N) is 2. The van der Waals surface area contributed by atoms with Crippen LogP contribution in [-0.2, 0) is 6.54 Å². The Morgan fingerprint density at radius 3 is 2.90 bits per heavy atom. The molecular formula is C16H29N3S. The first-order valence-electron chi connectivity index (χ1n) is 7.97. The summed E-state index contributed by atoms with van der Waals surface area (Å²) >= 11 is 1.81. The van der Waals surface area contributed by atoms with E-state index >= 15 is 0 Å². The number of piperazine rings is 1. The molecule has 2 atom stereocenters. The van der Waals surface area contributed by atoms with Gasteiger partial charge in [-0.15, -0.1) is 11.3 Å². The molecule has 1 aromatic heterocycles. The normalized spacial score (nSPS) is 24.4. The lowest BCUT2D eigenvalue weighted by molar-refractivity contribution is 0.107. The molecule has 1 aliphatic heterocycles. The lowest BCUT2D eigenvalue weighted by atomic mass is 9.98. The van der Waals surface area contributed by atoms with Crippen LogP contribution in [0.25, 0.3) is 0 Å². The molecule has 1 aliphatic rings. The van der Waals surface area contributed by atoms with Crippen LogP contribution in [0.5, 0.6) is 0 Å². The third-order valence-electron chi connectivity index (χ3n) is 4.00. The first kappa shape index (κ1) is 15.9. The van der Waals surface area contributed by atoms with Crippen molar-refractivity contribution in [2.45, 2.75) is 65.6 Å². The van der Waals surface area contributed by atoms with Gasteiger partial charge in [-0.3, -0.25) is 4.90 Å². The molecule has 1 fully saturated rings. The van der Waals surface area contributed by atoms with E-state index in [1.807, 2.05) is 0 Å². The topological polar surface area (TPSA) is 28.2 Å². The number of nitrogens with one attached hydrogen (secondary N) is 1. The minimum absolute atomic E-state index is 0.643. The third kappa shape index (κ3) is 4.54. The molecule has 0 aliphatic carbocycles. The van der Waals surface area contributed by atoms with Gasteiger partial charge in [0.25, 0.3) is 0 Å². The van der Waals surface area contributed by atoms with Crippen LogP contribution in [0, 0.1) is 12.8 Å². The predicted molar refractivity (Wildman–Crippen MR) is 87.2 cm³/mol. The largest absolute Gasteiger partial charge is 0.311 e. The zero-order chi connectivity index (χ0) is 14.5. The van der Waals surface area contributed by atoms with Gasteiger partial charge < -0.3 is 5.32 Å². The molecular weight excluding hydrogens is 266 g/mol. The molecule has 114 valence electrons. The maximum absolute atomic E-state index is 4.64. The van der Waals surface area contributed by atoms with Gasteiger partial charge in [0.05, 0.1) is 6.54 Å². The van der Waals surface area contributed by atoms with E-state index in [0.717, 1.165) is 24.7 Å². The zero-order valence-electron chi connectivity index (χ0n) is 13.4. The molecule has 0 radical (unpaired) electrons. The average molecular weight is 295 g/mol. The second-order valence-electron chi connectivity index (χ2n) is 6.49. The first-order chi connectivity index (χ1) is 9.58. The summed E-state index contributed by atoms with van der Waals surface area (Å²) in [5, 5.41) is 7.18. The van der Waals surface area contributed by atoms with E-state index in [4.69, 9.17) is 0 Å². The maximum atomic E-state index is 4.64. The van der Waals surface area contributed by atoms with Crippen LogP contribution in [0.1, 0.15) is 50.7 Å². The maximum Gasteiger partial charge on any atom is 0.107 e. The minimum Gasteiger partial charge on any atom is -0.311 e. The van der Waals surface area contributed by atoms with Crippen molar-refractivity contribution in [1.29, 1.82) is 0 Å². The highest BCUT2D eigenvalue weighted by atomic mass is 32.1. The molecule has 0 amide bonds. The predicted octanol–water partition coefficient (Wildman–Crippen LogP) is 3.44. The van der Waals surface area contributed by atoms with Crippen LogP contribution in [0.3, 0.4) is 0 Å². The van der Waals surface area contributed by atoms with Gasteiger partial charge in [0.1, 0.15) is 5.01 Å². The number of aryl methyl sites for hydroxylation is 1. The number of hydrogen-bond donors (Lipinski definition) is 1. The summed E-state index contributed by atoms with van der Waals surface area (Å²) in [6.07, 6.45) is 3.81. The van der Waals surface area contributed by atoms with Crippen LogP contribution in [0.15, 0.2) is 5.38 Å². The van der Waals surface area contributed by atoms with Crippen LogP contribution in [0.2, 0.25) is 0 Å². The molecule has 20 heavy (non-hydrogen) atoms. The fraction of sp³-hybridized carbons (Fsp3) is 0.812. The summed E-state index contributed by atoms with van der Waals surface area (Å²) in [5.41, 5.74) is 1.16. The molecule has 2 unspecified atom stereocenters. The molecule has 1 saturated heterocycles. The summed E-state index contributed by atoms with van der Waals surface area (Å²) < 4.78 is 0. The first-order valence-corrected chi connectivity index (χ1v) is 8.84. The van der Waals surface area contributed by atoms with Crippen molar-refractivity contribution in [3.8, 4) is 0 Å². The van der Waals surface area contributed by atoms with E-state index in [1.165, 1.54) is 30.8 Å². The van der Waals surface area contributed by atoms with Gasteiger partial charge in [-0.1, -0.05) is 27.2 Å². The van der Waals surface area contributed by atoms with Crippen LogP contribution >= 0.6 is 11.3 Å². The summed E-state index contributed by atoms with van der Waals surface area (Å²) in [6.45, 7) is 12.3. The van der Waals surface area contributed by atoms with Crippen LogP contribution in [-0.4, -0.2) is 35.1 Å². The zero-order valence-corrected chi connectivity index (χ0v) is 14.2. The quantitative estimate of drug-likeness (QED) is 0.871. The fourth-order valence-corrected chi connectivity index (χ4v) is 3.91. The van der Waals surface area contributed by atoms with Crippen LogP contribution in [0.4, 0.5) is 0 Å². The number of rotatable bonds is 6. The molecule has 4 heteroatoms. The van der Waals surface area contributed by atoms with Crippen molar-refractivity contribution in [3.05, 3.63) is 16.1 Å². The molecule has 1 N–H and O–H groups in total. The van der Waals surface area contributed by atoms with E-state index in [9.17, 15) is 0 Å². The Balaban J connectivity index is 1.98. The minimum atomic E-state index is 0.643. The third-order valence-corrected chi connectivity index (χ3v) is 4.95. The summed E-state index contributed by atoms with van der Waals surface area (Å²) in [6, 6.07) is 1.32. The lowest BCUT2D eigenvalue weighted by Gasteiger charge is -2.40. The smallest absolute Gasteiger partial charge is 0.107 e. The van der Waals surface area contributed by atoms with Crippen molar-refractivity contribution < 1.29 is 0 Å². The van der Waals surface area contributed by atoms with Gasteiger partial charge >= 0.3 is 0 Å². The standard InChI is InChI=1S/C16H29N3S/c1-5-6-15-8-17-14(7-12(2)3)9-19(15)10-16-18-13(4)11-20-16/h11-12,14-15,17H,5-10H2,1-4H3. The van der Waals surface area contributed by atoms with Crippen molar-refractivity contribution in [3.63, 3.8) is 0 Å². The molecule has 0 saturated carbocycles. The summed E-state index contributed by atoms with van der Waals surface area (Å²) in [7, 11) is 0. The van der Waals surface area contributed by atoms with E-state index in [2.05, 4.69) is 48.3 Å². The Morgan fingerprint density at radius 1 is 1.50 bits per heavy atom. The van der Waals surface area contributed by atoms with E-state index in [0.29, 0.717) is 12.1 Å². The number of thiazole rings is 1. The number of aromatic nitrogens is 1. The van der Waals surface area contributed by atoms with Crippen LogP contribution < -0.4 is 5.32 Å².